The zero-order valence-corrected chi connectivity index (χ0v) is 11.8. The first-order chi connectivity index (χ1) is 10.2. The molecule has 0 radical (unpaired) electrons. The Bertz CT molecular complexity index is 673. The van der Waals surface area contributed by atoms with Gasteiger partial charge in [-0.25, -0.2) is 4.98 Å². The summed E-state index contributed by atoms with van der Waals surface area (Å²) < 4.78 is 0. The number of pyridine rings is 2. The lowest BCUT2D eigenvalue weighted by molar-refractivity contribution is 0.0779. The van der Waals surface area contributed by atoms with Gasteiger partial charge >= 0.3 is 0 Å². The number of carbonyl (C=O) groups excluding carboxylic acids is 1. The maximum atomic E-state index is 12.5. The van der Waals surface area contributed by atoms with Crippen LogP contribution in [-0.2, 0) is 6.54 Å². The van der Waals surface area contributed by atoms with E-state index in [0.29, 0.717) is 17.8 Å². The topological polar surface area (TPSA) is 72.1 Å². The Kier molecular flexibility index (Phi) is 5.02. The summed E-state index contributed by atoms with van der Waals surface area (Å²) in [7, 11) is 1.73. The van der Waals surface area contributed by atoms with Gasteiger partial charge in [-0.3, -0.25) is 9.78 Å². The highest BCUT2D eigenvalue weighted by Crippen LogP contribution is 2.09. The van der Waals surface area contributed by atoms with E-state index in [4.69, 9.17) is 5.73 Å². The average Bonchev–Trinajstić information content (AvgIpc) is 2.53. The quantitative estimate of drug-likeness (QED) is 0.853. The number of hydrogen-bond acceptors (Lipinski definition) is 4. The molecule has 0 bridgehead atoms. The van der Waals surface area contributed by atoms with Crippen LogP contribution in [-0.4, -0.2) is 34.4 Å². The summed E-state index contributed by atoms with van der Waals surface area (Å²) in [6.45, 7) is 0.733. The highest BCUT2D eigenvalue weighted by atomic mass is 16.2. The van der Waals surface area contributed by atoms with Crippen LogP contribution >= 0.6 is 0 Å². The minimum atomic E-state index is -0.172. The van der Waals surface area contributed by atoms with E-state index >= 15 is 0 Å². The lowest BCUT2D eigenvalue weighted by atomic mass is 10.1. The minimum absolute atomic E-state index is 0.172. The Morgan fingerprint density at radius 2 is 2.05 bits per heavy atom. The van der Waals surface area contributed by atoms with E-state index in [0.717, 1.165) is 5.56 Å². The minimum Gasteiger partial charge on any atom is -0.336 e. The van der Waals surface area contributed by atoms with Crippen LogP contribution in [0.3, 0.4) is 0 Å². The molecule has 2 aromatic heterocycles. The van der Waals surface area contributed by atoms with E-state index in [1.165, 1.54) is 0 Å². The van der Waals surface area contributed by atoms with E-state index in [9.17, 15) is 4.79 Å². The van der Waals surface area contributed by atoms with Crippen molar-refractivity contribution in [1.29, 1.82) is 0 Å². The second-order valence-corrected chi connectivity index (χ2v) is 4.42. The van der Waals surface area contributed by atoms with Crippen molar-refractivity contribution in [1.82, 2.24) is 14.9 Å². The lowest BCUT2D eigenvalue weighted by Crippen LogP contribution is -2.27. The largest absolute Gasteiger partial charge is 0.336 e. The maximum absolute atomic E-state index is 12.5. The van der Waals surface area contributed by atoms with Crippen LogP contribution in [0.2, 0.25) is 0 Å². The first-order valence-corrected chi connectivity index (χ1v) is 6.50. The molecule has 5 heteroatoms. The van der Waals surface area contributed by atoms with Gasteiger partial charge in [0.2, 0.25) is 0 Å². The summed E-state index contributed by atoms with van der Waals surface area (Å²) in [6, 6.07) is 7.26. The predicted molar refractivity (Wildman–Crippen MR) is 80.2 cm³/mol. The Morgan fingerprint density at radius 1 is 1.29 bits per heavy atom. The molecule has 1 amide bonds. The van der Waals surface area contributed by atoms with Gasteiger partial charge in [-0.2, -0.15) is 0 Å². The zero-order chi connectivity index (χ0) is 15.1. The van der Waals surface area contributed by atoms with Gasteiger partial charge in [0.1, 0.15) is 5.69 Å². The van der Waals surface area contributed by atoms with Gasteiger partial charge in [-0.05, 0) is 29.8 Å². The average molecular weight is 280 g/mol. The summed E-state index contributed by atoms with van der Waals surface area (Å²) in [5.41, 5.74) is 7.31. The molecule has 0 aliphatic heterocycles. The number of nitrogens with zero attached hydrogens (tertiary/aromatic N) is 3. The fourth-order valence-electron chi connectivity index (χ4n) is 1.84. The third-order valence-electron chi connectivity index (χ3n) is 2.85. The second-order valence-electron chi connectivity index (χ2n) is 4.42. The van der Waals surface area contributed by atoms with Gasteiger partial charge in [0.05, 0.1) is 12.1 Å². The van der Waals surface area contributed by atoms with Crippen molar-refractivity contribution in [2.75, 3.05) is 13.6 Å². The van der Waals surface area contributed by atoms with Crippen LogP contribution in [0.4, 0.5) is 0 Å². The van der Waals surface area contributed by atoms with Crippen molar-refractivity contribution in [3.05, 3.63) is 59.7 Å². The van der Waals surface area contributed by atoms with Crippen LogP contribution in [0.15, 0.2) is 42.9 Å². The van der Waals surface area contributed by atoms with Gasteiger partial charge < -0.3 is 10.6 Å². The summed E-state index contributed by atoms with van der Waals surface area (Å²) >= 11 is 0. The predicted octanol–water partition coefficient (Wildman–Crippen LogP) is 1.06. The molecule has 0 aromatic carbocycles. The molecule has 21 heavy (non-hydrogen) atoms. The third-order valence-corrected chi connectivity index (χ3v) is 2.85. The molecule has 0 aliphatic rings. The molecule has 0 spiro atoms. The van der Waals surface area contributed by atoms with Crippen molar-refractivity contribution in [2.24, 2.45) is 5.73 Å². The molecular formula is C16H16N4O. The first kappa shape index (κ1) is 14.7. The summed E-state index contributed by atoms with van der Waals surface area (Å²) in [5, 5.41) is 0. The van der Waals surface area contributed by atoms with Gasteiger partial charge in [0.15, 0.2) is 0 Å². The van der Waals surface area contributed by atoms with E-state index < -0.39 is 0 Å². The summed E-state index contributed by atoms with van der Waals surface area (Å²) in [6.07, 6.45) is 4.99. The molecule has 0 aliphatic carbocycles. The molecule has 5 nitrogen and oxygen atoms in total. The molecule has 0 saturated heterocycles. The van der Waals surface area contributed by atoms with E-state index in [-0.39, 0.29) is 12.5 Å². The Balaban J connectivity index is 2.20. The smallest absolute Gasteiger partial charge is 0.273 e. The molecule has 0 fully saturated rings. The number of nitrogens with two attached hydrogens (primary N) is 1. The van der Waals surface area contributed by atoms with Gasteiger partial charge in [0.25, 0.3) is 5.91 Å². The Labute approximate surface area is 123 Å². The van der Waals surface area contributed by atoms with Crippen molar-refractivity contribution in [3.8, 4) is 11.8 Å². The SMILES string of the molecule is CN(Cc1ccncc1)C(=O)c1ncccc1C#CCN. The second kappa shape index (κ2) is 7.17. The van der Waals surface area contributed by atoms with Crippen LogP contribution in [0.5, 0.6) is 0 Å². The molecule has 2 rings (SSSR count). The van der Waals surface area contributed by atoms with Crippen LogP contribution in [0.1, 0.15) is 21.6 Å². The Morgan fingerprint density at radius 3 is 2.76 bits per heavy atom. The van der Waals surface area contributed by atoms with E-state index in [1.807, 2.05) is 12.1 Å². The van der Waals surface area contributed by atoms with E-state index in [2.05, 4.69) is 21.8 Å². The monoisotopic (exact) mass is 280 g/mol. The fourth-order valence-corrected chi connectivity index (χ4v) is 1.84. The van der Waals surface area contributed by atoms with Crippen LogP contribution < -0.4 is 5.73 Å². The number of rotatable bonds is 3. The van der Waals surface area contributed by atoms with Gasteiger partial charge in [-0.15, -0.1) is 0 Å². The molecule has 0 unspecified atom stereocenters. The van der Waals surface area contributed by atoms with Crippen LogP contribution in [0.25, 0.3) is 0 Å². The molecule has 2 N–H and O–H groups in total. The number of hydrogen-bond donors (Lipinski definition) is 1. The maximum Gasteiger partial charge on any atom is 0.273 e. The molecule has 2 aromatic rings. The van der Waals surface area contributed by atoms with Crippen molar-refractivity contribution in [2.45, 2.75) is 6.54 Å². The molecule has 0 saturated carbocycles. The molecule has 2 heterocycles. The number of amides is 1. The van der Waals surface area contributed by atoms with Gasteiger partial charge in [0, 0.05) is 32.2 Å². The fraction of sp³-hybridized carbons (Fsp3) is 0.188. The highest BCUT2D eigenvalue weighted by molar-refractivity contribution is 5.94. The molecular weight excluding hydrogens is 264 g/mol. The van der Waals surface area contributed by atoms with Crippen molar-refractivity contribution in [3.63, 3.8) is 0 Å². The highest BCUT2D eigenvalue weighted by Gasteiger charge is 2.16. The standard InChI is InChI=1S/C16H16N4O/c1-20(12-13-6-10-18-11-7-13)16(21)15-14(4-2-8-17)5-3-9-19-15/h3,5-7,9-11H,8,12,17H2,1H3. The van der Waals surface area contributed by atoms with Crippen molar-refractivity contribution < 1.29 is 4.79 Å². The van der Waals surface area contributed by atoms with Gasteiger partial charge in [-0.1, -0.05) is 11.8 Å². The van der Waals surface area contributed by atoms with Crippen LogP contribution in [0, 0.1) is 11.8 Å². The summed E-state index contributed by atoms with van der Waals surface area (Å²) in [4.78, 5) is 22.2. The number of carbonyl (C=O) groups is 1. The molecule has 106 valence electrons. The third kappa shape index (κ3) is 3.88. The first-order valence-electron chi connectivity index (χ1n) is 6.50. The van der Waals surface area contributed by atoms with Crippen molar-refractivity contribution >= 4 is 5.91 Å². The molecule has 0 atom stereocenters. The lowest BCUT2D eigenvalue weighted by Gasteiger charge is -2.17. The number of aromatic nitrogens is 2. The van der Waals surface area contributed by atoms with E-state index in [1.54, 1.807) is 42.7 Å². The zero-order valence-electron chi connectivity index (χ0n) is 11.8. The Hall–Kier alpha value is -2.71. The summed E-state index contributed by atoms with van der Waals surface area (Å²) in [5.74, 6) is 5.45. The normalized spacial score (nSPS) is 9.62.